The smallest absolute Gasteiger partial charge is 0.243 e. The van der Waals surface area contributed by atoms with Crippen molar-refractivity contribution in [2.24, 2.45) is 0 Å². The van der Waals surface area contributed by atoms with Crippen molar-refractivity contribution in [3.05, 3.63) is 70.7 Å². The van der Waals surface area contributed by atoms with Crippen LogP contribution in [0.3, 0.4) is 0 Å². The van der Waals surface area contributed by atoms with E-state index in [0.29, 0.717) is 24.5 Å². The van der Waals surface area contributed by atoms with Gasteiger partial charge in [-0.05, 0) is 23.3 Å². The summed E-state index contributed by atoms with van der Waals surface area (Å²) in [5, 5.41) is 3.68. The molecule has 2 aromatic rings. The number of benzene rings is 2. The van der Waals surface area contributed by atoms with Gasteiger partial charge in [0.05, 0.1) is 13.2 Å². The molecule has 0 aromatic heterocycles. The fourth-order valence-corrected chi connectivity index (χ4v) is 3.82. The maximum Gasteiger partial charge on any atom is 0.243 e. The van der Waals surface area contributed by atoms with Gasteiger partial charge in [-0.1, -0.05) is 54.1 Å². The number of carbonyl (C=O) groups excluding carboxylic acids is 2. The molecule has 1 aliphatic heterocycles. The van der Waals surface area contributed by atoms with Crippen molar-refractivity contribution in [3.63, 3.8) is 0 Å². The highest BCUT2D eigenvalue weighted by atomic mass is 35.5. The van der Waals surface area contributed by atoms with Gasteiger partial charge < -0.3 is 15.0 Å². The molecule has 31 heavy (non-hydrogen) atoms. The number of rotatable bonds is 9. The summed E-state index contributed by atoms with van der Waals surface area (Å²) in [6.07, 6.45) is 0.456. The summed E-state index contributed by atoms with van der Waals surface area (Å²) in [5.74, 6) is -0.277. The zero-order chi connectivity index (χ0) is 22.1. The molecule has 166 valence electrons. The van der Waals surface area contributed by atoms with Gasteiger partial charge in [0.25, 0.3) is 0 Å². The van der Waals surface area contributed by atoms with Crippen molar-refractivity contribution in [2.75, 3.05) is 39.4 Å². The molecule has 0 spiro atoms. The van der Waals surface area contributed by atoms with E-state index in [9.17, 15) is 9.59 Å². The molecular formula is C24H30ClN3O3. The van der Waals surface area contributed by atoms with Gasteiger partial charge in [0.15, 0.2) is 0 Å². The Morgan fingerprint density at radius 2 is 1.74 bits per heavy atom. The Balaban J connectivity index is 1.71. The SMILES string of the molecule is CC(=O)N(Cc1ccc(Cl)cc1)C(Cc1ccccc1)C(=O)NCCN1CCOCC1. The molecule has 3 rings (SSSR count). The maximum absolute atomic E-state index is 13.2. The number of halogens is 1. The van der Waals surface area contributed by atoms with Crippen molar-refractivity contribution in [3.8, 4) is 0 Å². The van der Waals surface area contributed by atoms with E-state index in [1.807, 2.05) is 42.5 Å². The van der Waals surface area contributed by atoms with Gasteiger partial charge in [0.1, 0.15) is 6.04 Å². The first kappa shape index (κ1) is 23.3. The van der Waals surface area contributed by atoms with Gasteiger partial charge in [-0.3, -0.25) is 14.5 Å². The summed E-state index contributed by atoms with van der Waals surface area (Å²) in [5.41, 5.74) is 1.94. The fraction of sp³-hybridized carbons (Fsp3) is 0.417. The number of carbonyl (C=O) groups is 2. The van der Waals surface area contributed by atoms with Crippen LogP contribution >= 0.6 is 11.6 Å². The summed E-state index contributed by atoms with van der Waals surface area (Å²) in [6, 6.07) is 16.6. The van der Waals surface area contributed by atoms with Gasteiger partial charge in [-0.25, -0.2) is 0 Å². The minimum Gasteiger partial charge on any atom is -0.379 e. The quantitative estimate of drug-likeness (QED) is 0.647. The van der Waals surface area contributed by atoms with Gasteiger partial charge in [-0.15, -0.1) is 0 Å². The lowest BCUT2D eigenvalue weighted by molar-refractivity contribution is -0.139. The van der Waals surface area contributed by atoms with Gasteiger partial charge in [0.2, 0.25) is 11.8 Å². The van der Waals surface area contributed by atoms with E-state index < -0.39 is 6.04 Å². The number of nitrogens with one attached hydrogen (secondary N) is 1. The standard InChI is InChI=1S/C24H30ClN3O3/c1-19(29)28(18-21-7-9-22(25)10-8-21)23(17-20-5-3-2-4-6-20)24(30)26-11-12-27-13-15-31-16-14-27/h2-10,23H,11-18H2,1H3,(H,26,30). The molecular weight excluding hydrogens is 414 g/mol. The van der Waals surface area contributed by atoms with Crippen LogP contribution in [0.1, 0.15) is 18.1 Å². The second kappa shape index (κ2) is 11.8. The van der Waals surface area contributed by atoms with Gasteiger partial charge in [-0.2, -0.15) is 0 Å². The van der Waals surface area contributed by atoms with Crippen molar-refractivity contribution in [1.29, 1.82) is 0 Å². The van der Waals surface area contributed by atoms with Crippen LogP contribution in [0.25, 0.3) is 0 Å². The van der Waals surface area contributed by atoms with Crippen LogP contribution in [0.5, 0.6) is 0 Å². The van der Waals surface area contributed by atoms with Crippen LogP contribution < -0.4 is 5.32 Å². The molecule has 0 bridgehead atoms. The molecule has 1 unspecified atom stereocenters. The van der Waals surface area contributed by atoms with Gasteiger partial charge >= 0.3 is 0 Å². The second-order valence-electron chi connectivity index (χ2n) is 7.72. The molecule has 2 amide bonds. The lowest BCUT2D eigenvalue weighted by atomic mass is 10.0. The number of hydrogen-bond acceptors (Lipinski definition) is 4. The second-order valence-corrected chi connectivity index (χ2v) is 8.16. The third-order valence-electron chi connectivity index (χ3n) is 5.45. The number of hydrogen-bond donors (Lipinski definition) is 1. The molecule has 1 fully saturated rings. The Morgan fingerprint density at radius 1 is 1.06 bits per heavy atom. The molecule has 1 heterocycles. The van der Waals surface area contributed by atoms with Crippen molar-refractivity contribution in [2.45, 2.75) is 25.9 Å². The zero-order valence-corrected chi connectivity index (χ0v) is 18.7. The third-order valence-corrected chi connectivity index (χ3v) is 5.70. The average Bonchev–Trinajstić information content (AvgIpc) is 2.78. The highest BCUT2D eigenvalue weighted by Crippen LogP contribution is 2.16. The molecule has 2 aromatic carbocycles. The van der Waals surface area contributed by atoms with Crippen molar-refractivity contribution >= 4 is 23.4 Å². The maximum atomic E-state index is 13.2. The largest absolute Gasteiger partial charge is 0.379 e. The van der Waals surface area contributed by atoms with Crippen LogP contribution in [0.2, 0.25) is 5.02 Å². The van der Waals surface area contributed by atoms with Crippen LogP contribution in [0, 0.1) is 0 Å². The molecule has 0 aliphatic carbocycles. The van der Waals surface area contributed by atoms with E-state index in [1.54, 1.807) is 17.0 Å². The number of morpholine rings is 1. The van der Waals surface area contributed by atoms with Crippen LogP contribution in [-0.2, 0) is 27.3 Å². The summed E-state index contributed by atoms with van der Waals surface area (Å²) in [7, 11) is 0. The Kier molecular flexibility index (Phi) is 8.88. The first-order valence-corrected chi connectivity index (χ1v) is 11.0. The first-order valence-electron chi connectivity index (χ1n) is 10.7. The molecule has 0 radical (unpaired) electrons. The van der Waals surface area contributed by atoms with Crippen LogP contribution in [0.4, 0.5) is 0 Å². The van der Waals surface area contributed by atoms with E-state index in [0.717, 1.165) is 44.0 Å². The normalized spacial score (nSPS) is 15.3. The van der Waals surface area contributed by atoms with E-state index in [2.05, 4.69) is 10.2 Å². The minimum absolute atomic E-state index is 0.138. The van der Waals surface area contributed by atoms with E-state index in [4.69, 9.17) is 16.3 Å². The monoisotopic (exact) mass is 443 g/mol. The van der Waals surface area contributed by atoms with Crippen molar-refractivity contribution < 1.29 is 14.3 Å². The number of ether oxygens (including phenoxy) is 1. The summed E-state index contributed by atoms with van der Waals surface area (Å²) < 4.78 is 5.37. The summed E-state index contributed by atoms with van der Waals surface area (Å²) in [6.45, 7) is 6.36. The molecule has 0 saturated carbocycles. The lowest BCUT2D eigenvalue weighted by Gasteiger charge is -2.31. The molecule has 1 saturated heterocycles. The Morgan fingerprint density at radius 3 is 2.39 bits per heavy atom. The fourth-order valence-electron chi connectivity index (χ4n) is 3.69. The number of amides is 2. The predicted octanol–water partition coefficient (Wildman–Crippen LogP) is 2.75. The Labute approximate surface area is 189 Å². The summed E-state index contributed by atoms with van der Waals surface area (Å²) in [4.78, 5) is 29.7. The molecule has 6 nitrogen and oxygen atoms in total. The van der Waals surface area contributed by atoms with Crippen molar-refractivity contribution in [1.82, 2.24) is 15.1 Å². The van der Waals surface area contributed by atoms with Crippen LogP contribution in [-0.4, -0.2) is 67.0 Å². The average molecular weight is 444 g/mol. The summed E-state index contributed by atoms with van der Waals surface area (Å²) >= 11 is 6.00. The highest BCUT2D eigenvalue weighted by molar-refractivity contribution is 6.30. The minimum atomic E-state index is -0.597. The topological polar surface area (TPSA) is 61.9 Å². The third kappa shape index (κ3) is 7.35. The molecule has 7 heteroatoms. The van der Waals surface area contributed by atoms with Gasteiger partial charge in [0, 0.05) is 51.1 Å². The Hall–Kier alpha value is -2.41. The van der Waals surface area contributed by atoms with Crippen LogP contribution in [0.15, 0.2) is 54.6 Å². The van der Waals surface area contributed by atoms with E-state index in [-0.39, 0.29) is 11.8 Å². The Bertz CT molecular complexity index is 839. The lowest BCUT2D eigenvalue weighted by Crippen LogP contribution is -2.51. The first-order chi connectivity index (χ1) is 15.0. The predicted molar refractivity (Wildman–Crippen MR) is 122 cm³/mol. The molecule has 1 atom stereocenters. The zero-order valence-electron chi connectivity index (χ0n) is 17.9. The molecule has 1 N–H and O–H groups in total. The van der Waals surface area contributed by atoms with E-state index in [1.165, 1.54) is 6.92 Å². The molecule has 1 aliphatic rings. The van der Waals surface area contributed by atoms with E-state index >= 15 is 0 Å². The highest BCUT2D eigenvalue weighted by Gasteiger charge is 2.28. The number of nitrogens with zero attached hydrogens (tertiary/aromatic N) is 2.